The first kappa shape index (κ1) is 20.6. The predicted molar refractivity (Wildman–Crippen MR) is 106 cm³/mol. The molecule has 1 aromatic carbocycles. The third-order valence-corrected chi connectivity index (χ3v) is 6.23. The highest BCUT2D eigenvalue weighted by Gasteiger charge is 2.38. The Balaban J connectivity index is 1.70. The Hall–Kier alpha value is -2.11. The fraction of sp³-hybridized carbons (Fsp3) is 0.636. The fourth-order valence-corrected chi connectivity index (χ4v) is 4.63. The quantitative estimate of drug-likeness (QED) is 0.774. The molecule has 0 bridgehead atoms. The van der Waals surface area contributed by atoms with Gasteiger partial charge in [-0.05, 0) is 62.6 Å². The van der Waals surface area contributed by atoms with Crippen LogP contribution in [0.4, 0.5) is 4.39 Å². The van der Waals surface area contributed by atoms with Crippen LogP contribution in [0.3, 0.4) is 0 Å². The van der Waals surface area contributed by atoms with Crippen molar-refractivity contribution in [1.29, 1.82) is 0 Å². The molecule has 2 aliphatic heterocycles. The second kappa shape index (κ2) is 8.93. The molecule has 0 aromatic heterocycles. The van der Waals surface area contributed by atoms with Crippen molar-refractivity contribution >= 4 is 11.8 Å². The average molecular weight is 390 g/mol. The number of nitrogens with one attached hydrogen (secondary N) is 1. The van der Waals surface area contributed by atoms with Gasteiger partial charge in [-0.15, -0.1) is 0 Å². The van der Waals surface area contributed by atoms with E-state index in [0.717, 1.165) is 31.4 Å². The van der Waals surface area contributed by atoms with Crippen LogP contribution in [0.15, 0.2) is 18.2 Å². The SMILES string of the molecule is CC[C@@H]1CCCCN1C(=O)CC[C@]1(Cc2ccc(F)c(OC)c2)CCC(=O)N1. The van der Waals surface area contributed by atoms with Gasteiger partial charge >= 0.3 is 0 Å². The lowest BCUT2D eigenvalue weighted by molar-refractivity contribution is -0.135. The van der Waals surface area contributed by atoms with E-state index in [1.165, 1.54) is 19.6 Å². The molecule has 0 aliphatic carbocycles. The molecule has 2 fully saturated rings. The molecule has 0 saturated carbocycles. The summed E-state index contributed by atoms with van der Waals surface area (Å²) in [5.74, 6) is 0.00323. The van der Waals surface area contributed by atoms with Gasteiger partial charge in [0.25, 0.3) is 0 Å². The molecule has 2 aliphatic rings. The van der Waals surface area contributed by atoms with E-state index in [1.807, 2.05) is 4.90 Å². The van der Waals surface area contributed by atoms with Crippen LogP contribution in [-0.4, -0.2) is 41.9 Å². The summed E-state index contributed by atoms with van der Waals surface area (Å²) in [6, 6.07) is 5.14. The molecule has 1 N–H and O–H groups in total. The monoisotopic (exact) mass is 390 g/mol. The second-order valence-corrected chi connectivity index (χ2v) is 8.12. The van der Waals surface area contributed by atoms with Crippen molar-refractivity contribution in [2.24, 2.45) is 0 Å². The standard InChI is InChI=1S/C22H31FN2O3/c1-3-17-6-4-5-13-25(17)21(27)10-12-22(11-9-20(26)24-22)15-16-7-8-18(23)19(14-16)28-2/h7-8,14,17H,3-6,9-13,15H2,1-2H3,(H,24,26)/t17-,22+/m1/s1. The van der Waals surface area contributed by atoms with Crippen LogP contribution in [0.1, 0.15) is 63.9 Å². The van der Waals surface area contributed by atoms with Crippen molar-refractivity contribution in [3.05, 3.63) is 29.6 Å². The molecular formula is C22H31FN2O3. The molecule has 5 nitrogen and oxygen atoms in total. The Kier molecular flexibility index (Phi) is 6.57. The number of hydrogen-bond acceptors (Lipinski definition) is 3. The molecule has 28 heavy (non-hydrogen) atoms. The maximum absolute atomic E-state index is 13.7. The summed E-state index contributed by atoms with van der Waals surface area (Å²) >= 11 is 0. The number of likely N-dealkylation sites (tertiary alicyclic amines) is 1. The van der Waals surface area contributed by atoms with Gasteiger partial charge in [0.1, 0.15) is 0 Å². The molecule has 0 spiro atoms. The Morgan fingerprint density at radius 2 is 2.21 bits per heavy atom. The molecule has 0 unspecified atom stereocenters. The predicted octanol–water partition coefficient (Wildman–Crippen LogP) is 3.60. The first-order valence-corrected chi connectivity index (χ1v) is 10.4. The zero-order valence-electron chi connectivity index (χ0n) is 16.9. The van der Waals surface area contributed by atoms with Gasteiger partial charge in [-0.3, -0.25) is 9.59 Å². The van der Waals surface area contributed by atoms with Crippen LogP contribution in [0, 0.1) is 5.82 Å². The summed E-state index contributed by atoms with van der Waals surface area (Å²) < 4.78 is 18.8. The summed E-state index contributed by atoms with van der Waals surface area (Å²) in [6.07, 6.45) is 7.08. The number of halogens is 1. The molecule has 154 valence electrons. The number of carbonyl (C=O) groups is 2. The van der Waals surface area contributed by atoms with Gasteiger partial charge < -0.3 is 15.0 Å². The molecule has 3 rings (SSSR count). The van der Waals surface area contributed by atoms with Crippen molar-refractivity contribution in [1.82, 2.24) is 10.2 Å². The van der Waals surface area contributed by atoms with Crippen molar-refractivity contribution in [2.75, 3.05) is 13.7 Å². The number of ether oxygens (including phenoxy) is 1. The Morgan fingerprint density at radius 3 is 2.89 bits per heavy atom. The highest BCUT2D eigenvalue weighted by molar-refractivity contribution is 5.80. The average Bonchev–Trinajstić information content (AvgIpc) is 3.08. The van der Waals surface area contributed by atoms with E-state index in [2.05, 4.69) is 12.2 Å². The van der Waals surface area contributed by atoms with Crippen molar-refractivity contribution < 1.29 is 18.7 Å². The van der Waals surface area contributed by atoms with Crippen LogP contribution in [0.25, 0.3) is 0 Å². The van der Waals surface area contributed by atoms with Crippen LogP contribution < -0.4 is 10.1 Å². The molecule has 1 aromatic rings. The largest absolute Gasteiger partial charge is 0.494 e. The normalized spacial score (nSPS) is 24.9. The minimum atomic E-state index is -0.451. The molecule has 2 saturated heterocycles. The number of amides is 2. The summed E-state index contributed by atoms with van der Waals surface area (Å²) in [5, 5.41) is 3.11. The Labute approximate surface area is 166 Å². The zero-order valence-corrected chi connectivity index (χ0v) is 16.9. The van der Waals surface area contributed by atoms with Crippen molar-refractivity contribution in [3.8, 4) is 5.75 Å². The number of methoxy groups -OCH3 is 1. The number of hydrogen-bond donors (Lipinski definition) is 1. The van der Waals surface area contributed by atoms with E-state index in [0.29, 0.717) is 38.1 Å². The molecule has 2 atom stereocenters. The van der Waals surface area contributed by atoms with Crippen molar-refractivity contribution in [2.45, 2.75) is 76.3 Å². The summed E-state index contributed by atoms with van der Waals surface area (Å²) in [6.45, 7) is 2.97. The van der Waals surface area contributed by atoms with Gasteiger partial charge in [0.05, 0.1) is 7.11 Å². The first-order valence-electron chi connectivity index (χ1n) is 10.4. The lowest BCUT2D eigenvalue weighted by Crippen LogP contribution is -2.47. The molecule has 6 heteroatoms. The Bertz CT molecular complexity index is 724. The maximum atomic E-state index is 13.7. The number of piperidine rings is 1. The third-order valence-electron chi connectivity index (χ3n) is 6.23. The topological polar surface area (TPSA) is 58.6 Å². The van der Waals surface area contributed by atoms with Gasteiger partial charge in [0, 0.05) is 31.0 Å². The van der Waals surface area contributed by atoms with E-state index < -0.39 is 11.4 Å². The Morgan fingerprint density at radius 1 is 1.39 bits per heavy atom. The smallest absolute Gasteiger partial charge is 0.222 e. The van der Waals surface area contributed by atoms with E-state index in [1.54, 1.807) is 12.1 Å². The van der Waals surface area contributed by atoms with Crippen LogP contribution >= 0.6 is 0 Å². The van der Waals surface area contributed by atoms with Gasteiger partial charge in [-0.1, -0.05) is 13.0 Å². The molecule has 2 heterocycles. The second-order valence-electron chi connectivity index (χ2n) is 8.12. The third kappa shape index (κ3) is 4.65. The minimum absolute atomic E-state index is 0.0194. The number of nitrogens with zero attached hydrogens (tertiary/aromatic N) is 1. The first-order chi connectivity index (χ1) is 13.5. The van der Waals surface area contributed by atoms with Crippen LogP contribution in [0.2, 0.25) is 0 Å². The lowest BCUT2D eigenvalue weighted by Gasteiger charge is -2.36. The highest BCUT2D eigenvalue weighted by Crippen LogP contribution is 2.32. The maximum Gasteiger partial charge on any atom is 0.222 e. The molecular weight excluding hydrogens is 359 g/mol. The lowest BCUT2D eigenvalue weighted by atomic mass is 9.84. The van der Waals surface area contributed by atoms with Gasteiger partial charge in [0.15, 0.2) is 11.6 Å². The van der Waals surface area contributed by atoms with E-state index in [4.69, 9.17) is 4.74 Å². The number of benzene rings is 1. The summed E-state index contributed by atoms with van der Waals surface area (Å²) in [4.78, 5) is 26.9. The van der Waals surface area contributed by atoms with E-state index in [-0.39, 0.29) is 17.6 Å². The number of carbonyl (C=O) groups excluding carboxylic acids is 2. The van der Waals surface area contributed by atoms with Gasteiger partial charge in [0.2, 0.25) is 11.8 Å². The van der Waals surface area contributed by atoms with E-state index >= 15 is 0 Å². The summed E-state index contributed by atoms with van der Waals surface area (Å²) in [5.41, 5.74) is 0.449. The summed E-state index contributed by atoms with van der Waals surface area (Å²) in [7, 11) is 1.44. The molecule has 0 radical (unpaired) electrons. The zero-order chi connectivity index (χ0) is 20.1. The van der Waals surface area contributed by atoms with Gasteiger partial charge in [-0.25, -0.2) is 4.39 Å². The molecule has 2 amide bonds. The van der Waals surface area contributed by atoms with E-state index in [9.17, 15) is 14.0 Å². The van der Waals surface area contributed by atoms with Crippen LogP contribution in [0.5, 0.6) is 5.75 Å². The highest BCUT2D eigenvalue weighted by atomic mass is 19.1. The number of rotatable bonds is 7. The fourth-order valence-electron chi connectivity index (χ4n) is 4.63. The van der Waals surface area contributed by atoms with Crippen LogP contribution in [-0.2, 0) is 16.0 Å². The van der Waals surface area contributed by atoms with Gasteiger partial charge in [-0.2, -0.15) is 0 Å². The van der Waals surface area contributed by atoms with Crippen molar-refractivity contribution in [3.63, 3.8) is 0 Å². The minimum Gasteiger partial charge on any atom is -0.494 e.